The van der Waals surface area contributed by atoms with E-state index in [0.29, 0.717) is 3.53 Å². The maximum Gasteiger partial charge on any atom is 0.397 e. The predicted molar refractivity (Wildman–Crippen MR) is 131 cm³/mol. The van der Waals surface area contributed by atoms with Crippen LogP contribution in [0.5, 0.6) is 0 Å². The van der Waals surface area contributed by atoms with Crippen LogP contribution in [0, 0.1) is 5.92 Å². The van der Waals surface area contributed by atoms with Gasteiger partial charge in [-0.1, -0.05) is 69.9 Å². The largest absolute Gasteiger partial charge is 0.453 e. The Hall–Kier alpha value is -0.393. The van der Waals surface area contributed by atoms with Crippen molar-refractivity contribution in [3.05, 3.63) is 11.6 Å². The van der Waals surface area contributed by atoms with Crippen molar-refractivity contribution in [2.75, 3.05) is 12.4 Å². The maximum atomic E-state index is 12.9. The molecule has 0 spiro atoms. The molecule has 170 valence electrons. The van der Waals surface area contributed by atoms with Crippen LogP contribution in [0.2, 0.25) is 18.1 Å². The van der Waals surface area contributed by atoms with Gasteiger partial charge in [0.05, 0.1) is 12.0 Å². The van der Waals surface area contributed by atoms with Gasteiger partial charge in [-0.2, -0.15) is 0 Å². The van der Waals surface area contributed by atoms with Gasteiger partial charge in [0.1, 0.15) is 15.5 Å². The van der Waals surface area contributed by atoms with E-state index in [2.05, 4.69) is 40.4 Å². The Kier molecular flexibility index (Phi) is 10.1. The van der Waals surface area contributed by atoms with Crippen LogP contribution in [0.3, 0.4) is 0 Å². The molecule has 0 aromatic rings. The summed E-state index contributed by atoms with van der Waals surface area (Å²) < 4.78 is 11.8. The SMILES string of the molecule is C=C(Cl)COC(=O)C(=O)N1C(=O)[C@H](C(C)O[Si](C)(C)C(C)(C)C)[C@H]1SC(=S)SCC. The highest BCUT2D eigenvalue weighted by Crippen LogP contribution is 2.44. The van der Waals surface area contributed by atoms with Crippen LogP contribution in [-0.4, -0.2) is 58.4 Å². The quantitative estimate of drug-likeness (QED) is 0.159. The van der Waals surface area contributed by atoms with Crippen LogP contribution in [0.1, 0.15) is 34.6 Å². The zero-order chi connectivity index (χ0) is 23.4. The molecular formula is C19H30ClNO5S3Si. The lowest BCUT2D eigenvalue weighted by molar-refractivity contribution is -0.174. The Balaban J connectivity index is 3.05. The van der Waals surface area contributed by atoms with Crippen molar-refractivity contribution >= 4 is 77.0 Å². The van der Waals surface area contributed by atoms with E-state index in [1.165, 1.54) is 23.5 Å². The molecule has 3 atom stereocenters. The fraction of sp³-hybridized carbons (Fsp3) is 0.684. The number of hydrogen-bond acceptors (Lipinski definition) is 8. The summed E-state index contributed by atoms with van der Waals surface area (Å²) in [7, 11) is -2.14. The van der Waals surface area contributed by atoms with E-state index in [1.54, 1.807) is 0 Å². The van der Waals surface area contributed by atoms with Crippen molar-refractivity contribution in [2.24, 2.45) is 5.92 Å². The third-order valence-electron chi connectivity index (χ3n) is 5.11. The maximum absolute atomic E-state index is 12.9. The van der Waals surface area contributed by atoms with Crippen molar-refractivity contribution in [2.45, 2.75) is 64.2 Å². The van der Waals surface area contributed by atoms with Crippen LogP contribution in [0.4, 0.5) is 0 Å². The average Bonchev–Trinajstić information content (AvgIpc) is 2.57. The summed E-state index contributed by atoms with van der Waals surface area (Å²) in [6, 6.07) is 0. The highest BCUT2D eigenvalue weighted by atomic mass is 35.5. The highest BCUT2D eigenvalue weighted by molar-refractivity contribution is 8.47. The first-order valence-electron chi connectivity index (χ1n) is 9.52. The van der Waals surface area contributed by atoms with E-state index in [-0.39, 0.29) is 16.7 Å². The number of thioether (sulfide) groups is 2. The minimum atomic E-state index is -2.14. The molecule has 1 heterocycles. The number of likely N-dealkylation sites (tertiary alicyclic amines) is 1. The molecule has 0 radical (unpaired) electrons. The second-order valence-corrected chi connectivity index (χ2v) is 17.3. The van der Waals surface area contributed by atoms with Crippen LogP contribution in [0.15, 0.2) is 11.6 Å². The van der Waals surface area contributed by atoms with Crippen molar-refractivity contribution < 1.29 is 23.5 Å². The number of β-lactam (4-membered cyclic amide) rings is 1. The number of rotatable bonds is 7. The molecule has 1 aliphatic heterocycles. The minimum absolute atomic E-state index is 0.0344. The van der Waals surface area contributed by atoms with Crippen LogP contribution < -0.4 is 0 Å². The van der Waals surface area contributed by atoms with Gasteiger partial charge in [-0.15, -0.1) is 11.8 Å². The van der Waals surface area contributed by atoms with Crippen molar-refractivity contribution in [1.29, 1.82) is 0 Å². The first-order chi connectivity index (χ1) is 13.6. The highest BCUT2D eigenvalue weighted by Gasteiger charge is 2.57. The summed E-state index contributed by atoms with van der Waals surface area (Å²) >= 11 is 13.6. The van der Waals surface area contributed by atoms with Gasteiger partial charge in [0.2, 0.25) is 5.91 Å². The fourth-order valence-corrected chi connectivity index (χ4v) is 6.81. The third kappa shape index (κ3) is 6.80. The monoisotopic (exact) mass is 511 g/mol. The Morgan fingerprint density at radius 2 is 1.93 bits per heavy atom. The van der Waals surface area contributed by atoms with Gasteiger partial charge in [-0.3, -0.25) is 14.5 Å². The molecule has 1 rings (SSSR count). The van der Waals surface area contributed by atoms with Gasteiger partial charge in [0.15, 0.2) is 8.32 Å². The average molecular weight is 512 g/mol. The van der Waals surface area contributed by atoms with Crippen LogP contribution in [-0.2, 0) is 23.5 Å². The molecular weight excluding hydrogens is 482 g/mol. The third-order valence-corrected chi connectivity index (χ3v) is 12.5. The Morgan fingerprint density at radius 3 is 2.40 bits per heavy atom. The molecule has 2 amide bonds. The fourth-order valence-electron chi connectivity index (χ4n) is 2.53. The number of nitrogens with zero attached hydrogens (tertiary/aromatic N) is 1. The number of hydrogen-bond donors (Lipinski definition) is 0. The number of carbonyl (C=O) groups is 3. The standard InChI is InChI=1S/C19H30ClNO5S3Si/c1-9-28-18(27)29-16-13(12(3)26-30(7,8)19(4,5)6)14(22)21(16)15(23)17(24)25-10-11(2)20/h12-13,16H,2,9-10H2,1,3-8H3/t12?,13-,16+/m0/s1. The van der Waals surface area contributed by atoms with Crippen LogP contribution >= 0.6 is 47.3 Å². The topological polar surface area (TPSA) is 72.9 Å². The van der Waals surface area contributed by atoms with E-state index in [1.807, 2.05) is 13.8 Å². The molecule has 0 saturated carbocycles. The van der Waals surface area contributed by atoms with E-state index in [0.717, 1.165) is 10.7 Å². The summed E-state index contributed by atoms with van der Waals surface area (Å²) in [5.74, 6) is -2.47. The molecule has 30 heavy (non-hydrogen) atoms. The van der Waals surface area contributed by atoms with E-state index in [9.17, 15) is 14.4 Å². The Labute approximate surface area is 198 Å². The summed E-state index contributed by atoms with van der Waals surface area (Å²) in [6.45, 7) is 17.5. The molecule has 0 N–H and O–H groups in total. The van der Waals surface area contributed by atoms with E-state index < -0.39 is 43.5 Å². The number of esters is 1. The van der Waals surface area contributed by atoms with Crippen molar-refractivity contribution in [3.8, 4) is 0 Å². The second-order valence-electron chi connectivity index (χ2n) is 8.41. The van der Waals surface area contributed by atoms with Gasteiger partial charge in [-0.05, 0) is 30.8 Å². The number of carbonyl (C=O) groups excluding carboxylic acids is 3. The summed E-state index contributed by atoms with van der Waals surface area (Å²) in [5.41, 5.74) is 0. The summed E-state index contributed by atoms with van der Waals surface area (Å²) in [4.78, 5) is 38.5. The van der Waals surface area contributed by atoms with E-state index in [4.69, 9.17) is 33.0 Å². The number of imide groups is 1. The van der Waals surface area contributed by atoms with Gasteiger partial charge in [0, 0.05) is 5.03 Å². The normalized spacial score (nSPS) is 20.4. The van der Waals surface area contributed by atoms with Gasteiger partial charge in [0.25, 0.3) is 0 Å². The molecule has 1 unspecified atom stereocenters. The van der Waals surface area contributed by atoms with Gasteiger partial charge in [-0.25, -0.2) is 4.79 Å². The summed E-state index contributed by atoms with van der Waals surface area (Å²) in [5, 5.41) is -0.581. The molecule has 1 fully saturated rings. The predicted octanol–water partition coefficient (Wildman–Crippen LogP) is 4.77. The van der Waals surface area contributed by atoms with E-state index >= 15 is 0 Å². The zero-order valence-electron chi connectivity index (χ0n) is 18.4. The number of thiocarbonyl (C=S) groups is 1. The van der Waals surface area contributed by atoms with Crippen LogP contribution in [0.25, 0.3) is 0 Å². The van der Waals surface area contributed by atoms with Crippen molar-refractivity contribution in [3.63, 3.8) is 0 Å². The minimum Gasteiger partial charge on any atom is -0.453 e. The number of halogens is 1. The molecule has 1 saturated heterocycles. The Morgan fingerprint density at radius 1 is 1.37 bits per heavy atom. The lowest BCUT2D eigenvalue weighted by atomic mass is 9.92. The molecule has 1 aliphatic rings. The summed E-state index contributed by atoms with van der Waals surface area (Å²) in [6.07, 6.45) is -0.423. The number of ether oxygens (including phenoxy) is 1. The van der Waals surface area contributed by atoms with Gasteiger partial charge < -0.3 is 9.16 Å². The molecule has 0 aromatic heterocycles. The zero-order valence-corrected chi connectivity index (χ0v) is 22.6. The molecule has 0 aliphatic carbocycles. The molecule has 0 aromatic carbocycles. The first kappa shape index (κ1) is 27.6. The molecule has 0 bridgehead atoms. The lowest BCUT2D eigenvalue weighted by Gasteiger charge is -2.49. The smallest absolute Gasteiger partial charge is 0.397 e. The number of amides is 2. The first-order valence-corrected chi connectivity index (χ1v) is 15.1. The van der Waals surface area contributed by atoms with Gasteiger partial charge >= 0.3 is 11.9 Å². The molecule has 11 heteroatoms. The second kappa shape index (κ2) is 11.0. The lowest BCUT2D eigenvalue weighted by Crippen LogP contribution is -2.67. The molecule has 6 nitrogen and oxygen atoms in total. The van der Waals surface area contributed by atoms with Crippen molar-refractivity contribution in [1.82, 2.24) is 4.90 Å². The Bertz CT molecular complexity index is 725.